The van der Waals surface area contributed by atoms with Gasteiger partial charge in [0.2, 0.25) is 0 Å². The summed E-state index contributed by atoms with van der Waals surface area (Å²) >= 11 is 3.43. The Morgan fingerprint density at radius 1 is 1.18 bits per heavy atom. The van der Waals surface area contributed by atoms with E-state index in [-0.39, 0.29) is 5.91 Å². The summed E-state index contributed by atoms with van der Waals surface area (Å²) in [6, 6.07) is 15.1. The lowest BCUT2D eigenvalue weighted by Crippen LogP contribution is -2.15. The minimum absolute atomic E-state index is 0.160. The normalized spacial score (nSPS) is 10.7. The van der Waals surface area contributed by atoms with Gasteiger partial charge in [-0.1, -0.05) is 18.2 Å². The number of para-hydroxylation sites is 1. The van der Waals surface area contributed by atoms with Gasteiger partial charge in [-0.25, -0.2) is 0 Å². The van der Waals surface area contributed by atoms with Gasteiger partial charge in [0, 0.05) is 16.9 Å². The molecular weight excluding hydrogens is 344 g/mol. The Kier molecular flexibility index (Phi) is 3.90. The number of anilines is 1. The second-order valence-electron chi connectivity index (χ2n) is 4.92. The van der Waals surface area contributed by atoms with E-state index < -0.39 is 0 Å². The number of nitrogens with zero attached hydrogens (tertiary/aromatic N) is 1. The number of hydrogen-bond donors (Lipinski definition) is 1. The third-order valence-corrected chi connectivity index (χ3v) is 4.31. The molecule has 5 heteroatoms. The molecule has 0 saturated carbocycles. The molecule has 0 aliphatic heterocycles. The molecule has 4 nitrogen and oxygen atoms in total. The SMILES string of the molecule is COc1cccc2c1cc(C(=O)Nc1ccccc1Br)n2C. The fourth-order valence-electron chi connectivity index (χ4n) is 2.48. The number of amides is 1. The van der Waals surface area contributed by atoms with Crippen molar-refractivity contribution in [1.29, 1.82) is 0 Å². The van der Waals surface area contributed by atoms with Crippen LogP contribution in [0, 0.1) is 0 Å². The van der Waals surface area contributed by atoms with E-state index in [1.165, 1.54) is 0 Å². The largest absolute Gasteiger partial charge is 0.496 e. The molecule has 0 radical (unpaired) electrons. The molecule has 112 valence electrons. The van der Waals surface area contributed by atoms with Crippen molar-refractivity contribution in [2.45, 2.75) is 0 Å². The van der Waals surface area contributed by atoms with E-state index in [0.29, 0.717) is 5.69 Å². The predicted octanol–water partition coefficient (Wildman–Crippen LogP) is 4.20. The quantitative estimate of drug-likeness (QED) is 0.762. The molecule has 0 unspecified atom stereocenters. The average Bonchev–Trinajstić information content (AvgIpc) is 2.87. The Hall–Kier alpha value is -2.27. The van der Waals surface area contributed by atoms with Crippen molar-refractivity contribution < 1.29 is 9.53 Å². The van der Waals surface area contributed by atoms with Gasteiger partial charge in [0.1, 0.15) is 11.4 Å². The number of benzene rings is 2. The van der Waals surface area contributed by atoms with E-state index in [1.54, 1.807) is 7.11 Å². The Balaban J connectivity index is 2.01. The number of carbonyl (C=O) groups is 1. The van der Waals surface area contributed by atoms with Crippen LogP contribution in [0.2, 0.25) is 0 Å². The van der Waals surface area contributed by atoms with E-state index in [9.17, 15) is 4.79 Å². The number of aryl methyl sites for hydroxylation is 1. The van der Waals surface area contributed by atoms with Crippen LogP contribution in [0.5, 0.6) is 5.75 Å². The summed E-state index contributed by atoms with van der Waals surface area (Å²) in [7, 11) is 3.50. The molecule has 1 amide bonds. The van der Waals surface area contributed by atoms with Crippen LogP contribution in [-0.2, 0) is 7.05 Å². The van der Waals surface area contributed by atoms with Crippen molar-refractivity contribution in [3.8, 4) is 5.75 Å². The molecule has 3 rings (SSSR count). The van der Waals surface area contributed by atoms with Crippen LogP contribution in [0.4, 0.5) is 5.69 Å². The van der Waals surface area contributed by atoms with Gasteiger partial charge in [-0.2, -0.15) is 0 Å². The van der Waals surface area contributed by atoms with Crippen LogP contribution in [0.1, 0.15) is 10.5 Å². The van der Waals surface area contributed by atoms with E-state index in [1.807, 2.05) is 60.1 Å². The van der Waals surface area contributed by atoms with Crippen molar-refractivity contribution in [3.63, 3.8) is 0 Å². The Bertz CT molecular complexity index is 855. The molecule has 0 aliphatic rings. The molecule has 1 aromatic heterocycles. The highest BCUT2D eigenvalue weighted by Crippen LogP contribution is 2.29. The zero-order chi connectivity index (χ0) is 15.7. The molecule has 3 aromatic rings. The maximum atomic E-state index is 12.6. The van der Waals surface area contributed by atoms with Gasteiger partial charge in [-0.05, 0) is 46.3 Å². The van der Waals surface area contributed by atoms with Gasteiger partial charge in [0.25, 0.3) is 5.91 Å². The summed E-state index contributed by atoms with van der Waals surface area (Å²) in [5, 5.41) is 3.84. The van der Waals surface area contributed by atoms with Gasteiger partial charge in [-0.15, -0.1) is 0 Å². The summed E-state index contributed by atoms with van der Waals surface area (Å²) in [6.45, 7) is 0. The maximum absolute atomic E-state index is 12.6. The Morgan fingerprint density at radius 2 is 1.95 bits per heavy atom. The lowest BCUT2D eigenvalue weighted by Gasteiger charge is -2.08. The fourth-order valence-corrected chi connectivity index (χ4v) is 2.86. The number of hydrogen-bond acceptors (Lipinski definition) is 2. The minimum Gasteiger partial charge on any atom is -0.496 e. The topological polar surface area (TPSA) is 43.3 Å². The number of aromatic nitrogens is 1. The van der Waals surface area contributed by atoms with Gasteiger partial charge in [0.15, 0.2) is 0 Å². The third kappa shape index (κ3) is 2.48. The number of rotatable bonds is 3. The van der Waals surface area contributed by atoms with Crippen molar-refractivity contribution in [3.05, 3.63) is 58.7 Å². The van der Waals surface area contributed by atoms with Crippen molar-refractivity contribution in [2.75, 3.05) is 12.4 Å². The summed E-state index contributed by atoms with van der Waals surface area (Å²) in [4.78, 5) is 12.6. The van der Waals surface area contributed by atoms with Crippen LogP contribution >= 0.6 is 15.9 Å². The molecule has 0 spiro atoms. The first-order valence-corrected chi connectivity index (χ1v) is 7.59. The maximum Gasteiger partial charge on any atom is 0.272 e. The lowest BCUT2D eigenvalue weighted by molar-refractivity contribution is 0.101. The fraction of sp³-hybridized carbons (Fsp3) is 0.118. The zero-order valence-electron chi connectivity index (χ0n) is 12.3. The van der Waals surface area contributed by atoms with Crippen LogP contribution in [0.15, 0.2) is 53.0 Å². The second-order valence-corrected chi connectivity index (χ2v) is 5.77. The highest BCUT2D eigenvalue weighted by molar-refractivity contribution is 9.10. The molecule has 1 N–H and O–H groups in total. The summed E-state index contributed by atoms with van der Waals surface area (Å²) in [6.07, 6.45) is 0. The number of fused-ring (bicyclic) bond motifs is 1. The van der Waals surface area contributed by atoms with E-state index in [2.05, 4.69) is 21.2 Å². The van der Waals surface area contributed by atoms with Gasteiger partial charge in [-0.3, -0.25) is 4.79 Å². The van der Waals surface area contributed by atoms with Crippen LogP contribution < -0.4 is 10.1 Å². The molecule has 0 aliphatic carbocycles. The summed E-state index contributed by atoms with van der Waals surface area (Å²) in [5.41, 5.74) is 2.27. The van der Waals surface area contributed by atoms with E-state index in [4.69, 9.17) is 4.74 Å². The molecule has 2 aromatic carbocycles. The van der Waals surface area contributed by atoms with Gasteiger partial charge < -0.3 is 14.6 Å². The minimum atomic E-state index is -0.160. The first-order valence-electron chi connectivity index (χ1n) is 6.80. The lowest BCUT2D eigenvalue weighted by atomic mass is 10.2. The number of carbonyl (C=O) groups excluding carboxylic acids is 1. The highest BCUT2D eigenvalue weighted by atomic mass is 79.9. The summed E-state index contributed by atoms with van der Waals surface area (Å²) < 4.78 is 8.07. The third-order valence-electron chi connectivity index (χ3n) is 3.62. The molecule has 22 heavy (non-hydrogen) atoms. The number of nitrogens with one attached hydrogen (secondary N) is 1. The number of ether oxygens (including phenoxy) is 1. The van der Waals surface area contributed by atoms with Crippen LogP contribution in [-0.4, -0.2) is 17.6 Å². The molecule has 0 bridgehead atoms. The van der Waals surface area contributed by atoms with Gasteiger partial charge in [0.05, 0.1) is 18.3 Å². The van der Waals surface area contributed by atoms with Crippen molar-refractivity contribution in [1.82, 2.24) is 4.57 Å². The van der Waals surface area contributed by atoms with Crippen molar-refractivity contribution >= 4 is 38.4 Å². The summed E-state index contributed by atoms with van der Waals surface area (Å²) in [5.74, 6) is 0.598. The predicted molar refractivity (Wildman–Crippen MR) is 91.6 cm³/mol. The first-order chi connectivity index (χ1) is 10.6. The molecule has 0 fully saturated rings. The standard InChI is InChI=1S/C17H15BrN2O2/c1-20-14-8-5-9-16(22-2)11(14)10-15(20)17(21)19-13-7-4-3-6-12(13)18/h3-10H,1-2H3,(H,19,21). The Labute approximate surface area is 136 Å². The van der Waals surface area contributed by atoms with Crippen LogP contribution in [0.25, 0.3) is 10.9 Å². The average molecular weight is 359 g/mol. The van der Waals surface area contributed by atoms with Crippen molar-refractivity contribution in [2.24, 2.45) is 7.05 Å². The van der Waals surface area contributed by atoms with E-state index >= 15 is 0 Å². The molecule has 0 saturated heterocycles. The smallest absolute Gasteiger partial charge is 0.272 e. The number of methoxy groups -OCH3 is 1. The molecule has 1 heterocycles. The first kappa shape index (κ1) is 14.7. The van der Waals surface area contributed by atoms with Gasteiger partial charge >= 0.3 is 0 Å². The zero-order valence-corrected chi connectivity index (χ0v) is 13.8. The highest BCUT2D eigenvalue weighted by Gasteiger charge is 2.16. The number of halogens is 1. The molecular formula is C17H15BrN2O2. The Morgan fingerprint density at radius 3 is 2.68 bits per heavy atom. The second kappa shape index (κ2) is 5.85. The van der Waals surface area contributed by atoms with Crippen LogP contribution in [0.3, 0.4) is 0 Å². The van der Waals surface area contributed by atoms with E-state index in [0.717, 1.165) is 26.8 Å². The molecule has 0 atom stereocenters. The monoisotopic (exact) mass is 358 g/mol.